The van der Waals surface area contributed by atoms with Gasteiger partial charge in [0.25, 0.3) is 5.56 Å². The van der Waals surface area contributed by atoms with E-state index in [-0.39, 0.29) is 17.9 Å². The second kappa shape index (κ2) is 6.19. The van der Waals surface area contributed by atoms with Gasteiger partial charge in [-0.05, 0) is 37.9 Å². The molecule has 0 bridgehead atoms. The maximum atomic E-state index is 12.2. The van der Waals surface area contributed by atoms with Crippen molar-refractivity contribution in [1.29, 1.82) is 0 Å². The van der Waals surface area contributed by atoms with Gasteiger partial charge in [-0.1, -0.05) is 0 Å². The first-order chi connectivity index (χ1) is 9.38. The van der Waals surface area contributed by atoms with Crippen molar-refractivity contribution < 1.29 is 4.79 Å². The number of halogens is 2. The fraction of sp³-hybridized carbons (Fsp3) is 0.250. The highest BCUT2D eigenvalue weighted by atomic mass is 79.9. The summed E-state index contributed by atoms with van der Waals surface area (Å²) < 4.78 is 2.76. The molecule has 2 rings (SSSR count). The zero-order valence-corrected chi connectivity index (χ0v) is 14.7. The molecule has 0 aliphatic rings. The molecule has 0 aliphatic heterocycles. The number of hydrogen-bond donors (Lipinski definition) is 0. The summed E-state index contributed by atoms with van der Waals surface area (Å²) in [6.07, 6.45) is 1.56. The van der Waals surface area contributed by atoms with Crippen LogP contribution >= 0.6 is 43.2 Å². The van der Waals surface area contributed by atoms with E-state index < -0.39 is 0 Å². The number of Topliss-reactive ketones (excluding diaryl/α,β-unsaturated/α-hetero) is 1. The van der Waals surface area contributed by atoms with Crippen molar-refractivity contribution in [3.8, 4) is 0 Å². The Hall–Kier alpha value is -0.990. The highest BCUT2D eigenvalue weighted by Crippen LogP contribution is 2.32. The summed E-state index contributed by atoms with van der Waals surface area (Å²) in [5.74, 6) is -0.161. The second-order valence-corrected chi connectivity index (χ2v) is 8.01. The zero-order chi connectivity index (χ0) is 14.9. The largest absolute Gasteiger partial charge is 0.376 e. The summed E-state index contributed by atoms with van der Waals surface area (Å²) in [7, 11) is 3.65. The fourth-order valence-corrected chi connectivity index (χ4v) is 4.39. The predicted octanol–water partition coefficient (Wildman–Crippen LogP) is 2.78. The van der Waals surface area contributed by atoms with E-state index in [0.29, 0.717) is 11.3 Å². The molecular formula is C12H11Br2N3O2S. The minimum absolute atomic E-state index is 0.0751. The molecule has 0 aromatic carbocycles. The van der Waals surface area contributed by atoms with Crippen molar-refractivity contribution in [2.45, 2.75) is 6.54 Å². The molecule has 0 fully saturated rings. The Balaban J connectivity index is 2.24. The van der Waals surface area contributed by atoms with Gasteiger partial charge in [-0.15, -0.1) is 11.3 Å². The normalized spacial score (nSPS) is 10.6. The van der Waals surface area contributed by atoms with Gasteiger partial charge in [0.1, 0.15) is 6.54 Å². The van der Waals surface area contributed by atoms with Gasteiger partial charge in [-0.2, -0.15) is 5.10 Å². The summed E-state index contributed by atoms with van der Waals surface area (Å²) in [6, 6.07) is 3.19. The van der Waals surface area contributed by atoms with Crippen LogP contribution in [-0.4, -0.2) is 29.7 Å². The molecule has 0 radical (unpaired) electrons. The first-order valence-corrected chi connectivity index (χ1v) is 8.01. The molecule has 2 aromatic heterocycles. The van der Waals surface area contributed by atoms with Crippen molar-refractivity contribution in [1.82, 2.24) is 9.78 Å². The highest BCUT2D eigenvalue weighted by molar-refractivity contribution is 9.12. The molecule has 2 heterocycles. The molecule has 0 N–H and O–H groups in total. The Morgan fingerprint density at radius 1 is 1.40 bits per heavy atom. The monoisotopic (exact) mass is 419 g/mol. The van der Waals surface area contributed by atoms with Crippen LogP contribution in [0.1, 0.15) is 10.4 Å². The number of nitrogens with zero attached hydrogens (tertiary/aromatic N) is 3. The highest BCUT2D eigenvalue weighted by Gasteiger charge is 2.15. The summed E-state index contributed by atoms with van der Waals surface area (Å²) in [6.45, 7) is -0.0751. The zero-order valence-electron chi connectivity index (χ0n) is 10.8. The lowest BCUT2D eigenvalue weighted by Gasteiger charge is -2.12. The van der Waals surface area contributed by atoms with Crippen molar-refractivity contribution in [3.05, 3.63) is 41.8 Å². The van der Waals surface area contributed by atoms with Crippen LogP contribution in [0.15, 0.2) is 30.7 Å². The first kappa shape index (κ1) is 15.4. The van der Waals surface area contributed by atoms with E-state index in [1.165, 1.54) is 17.4 Å². The SMILES string of the molecule is CN(C)c1cnn(CC(=O)c2cc(Br)sc2Br)c(=O)c1. The number of aromatic nitrogens is 2. The Kier molecular flexibility index (Phi) is 4.77. The Morgan fingerprint density at radius 2 is 2.10 bits per heavy atom. The van der Waals surface area contributed by atoms with Crippen LogP contribution in [0.2, 0.25) is 0 Å². The lowest BCUT2D eigenvalue weighted by molar-refractivity contribution is 0.0965. The van der Waals surface area contributed by atoms with E-state index in [1.54, 1.807) is 17.2 Å². The van der Waals surface area contributed by atoms with Gasteiger partial charge in [0, 0.05) is 25.7 Å². The Labute approximate surface area is 136 Å². The molecule has 8 heteroatoms. The molecule has 0 unspecified atom stereocenters. The summed E-state index contributed by atoms with van der Waals surface area (Å²) in [4.78, 5) is 25.9. The molecule has 0 amide bonds. The van der Waals surface area contributed by atoms with Gasteiger partial charge in [-0.3, -0.25) is 9.59 Å². The summed E-state index contributed by atoms with van der Waals surface area (Å²) in [5.41, 5.74) is 0.959. The molecule has 20 heavy (non-hydrogen) atoms. The van der Waals surface area contributed by atoms with Gasteiger partial charge < -0.3 is 4.90 Å². The molecule has 0 aliphatic carbocycles. The molecule has 106 valence electrons. The molecule has 0 saturated heterocycles. The quantitative estimate of drug-likeness (QED) is 0.713. The smallest absolute Gasteiger partial charge is 0.269 e. The molecule has 5 nitrogen and oxygen atoms in total. The second-order valence-electron chi connectivity index (χ2n) is 4.27. The van der Waals surface area contributed by atoms with Crippen molar-refractivity contribution in [2.75, 3.05) is 19.0 Å². The lowest BCUT2D eigenvalue weighted by atomic mass is 10.2. The Bertz CT molecular complexity index is 709. The standard InChI is InChI=1S/C12H11Br2N3O2S/c1-16(2)7-3-11(19)17(15-5-7)6-9(18)8-4-10(13)20-12(8)14/h3-5H,6H2,1-2H3. The minimum atomic E-state index is -0.296. The number of carbonyl (C=O) groups excluding carboxylic acids is 1. The van der Waals surface area contributed by atoms with Crippen LogP contribution < -0.4 is 10.5 Å². The molecule has 0 saturated carbocycles. The lowest BCUT2D eigenvalue weighted by Crippen LogP contribution is -2.27. The number of thiophene rings is 1. The topological polar surface area (TPSA) is 55.2 Å². The van der Waals surface area contributed by atoms with Gasteiger partial charge in [-0.25, -0.2) is 4.68 Å². The number of ketones is 1. The third kappa shape index (κ3) is 3.36. The average molecular weight is 421 g/mol. The Morgan fingerprint density at radius 3 is 2.60 bits per heavy atom. The van der Waals surface area contributed by atoms with Gasteiger partial charge >= 0.3 is 0 Å². The van der Waals surface area contributed by atoms with Gasteiger partial charge in [0.2, 0.25) is 0 Å². The maximum Gasteiger partial charge on any atom is 0.269 e. The number of rotatable bonds is 4. The van der Waals surface area contributed by atoms with Crippen LogP contribution in [0.4, 0.5) is 5.69 Å². The van der Waals surface area contributed by atoms with E-state index in [2.05, 4.69) is 37.0 Å². The minimum Gasteiger partial charge on any atom is -0.376 e. The van der Waals surface area contributed by atoms with Crippen LogP contribution in [0.25, 0.3) is 0 Å². The average Bonchev–Trinajstić information content (AvgIpc) is 2.70. The predicted molar refractivity (Wildman–Crippen MR) is 86.9 cm³/mol. The molecule has 0 spiro atoms. The molecular weight excluding hydrogens is 410 g/mol. The molecule has 2 aromatic rings. The fourth-order valence-electron chi connectivity index (χ4n) is 1.54. The van der Waals surface area contributed by atoms with Crippen molar-refractivity contribution >= 4 is 54.7 Å². The molecule has 0 atom stereocenters. The number of anilines is 1. The first-order valence-electron chi connectivity index (χ1n) is 5.61. The maximum absolute atomic E-state index is 12.2. The van der Waals surface area contributed by atoms with Gasteiger partial charge in [0.15, 0.2) is 5.78 Å². The van der Waals surface area contributed by atoms with E-state index in [9.17, 15) is 9.59 Å². The summed E-state index contributed by atoms with van der Waals surface area (Å²) >= 11 is 8.07. The van der Waals surface area contributed by atoms with E-state index in [4.69, 9.17) is 0 Å². The van der Waals surface area contributed by atoms with Crippen LogP contribution in [0, 0.1) is 0 Å². The summed E-state index contributed by atoms with van der Waals surface area (Å²) in [5, 5.41) is 4.02. The van der Waals surface area contributed by atoms with Crippen molar-refractivity contribution in [3.63, 3.8) is 0 Å². The van der Waals surface area contributed by atoms with Crippen molar-refractivity contribution in [2.24, 2.45) is 0 Å². The van der Waals surface area contributed by atoms with Crippen LogP contribution in [0.5, 0.6) is 0 Å². The van der Waals surface area contributed by atoms with E-state index >= 15 is 0 Å². The van der Waals surface area contributed by atoms with Gasteiger partial charge in [0.05, 0.1) is 19.5 Å². The van der Waals surface area contributed by atoms with Crippen LogP contribution in [0.3, 0.4) is 0 Å². The van der Waals surface area contributed by atoms with Crippen LogP contribution in [-0.2, 0) is 6.54 Å². The van der Waals surface area contributed by atoms with E-state index in [1.807, 2.05) is 14.1 Å². The van der Waals surface area contributed by atoms with E-state index in [0.717, 1.165) is 12.3 Å². The number of carbonyl (C=O) groups is 1. The number of hydrogen-bond acceptors (Lipinski definition) is 5. The third-order valence-electron chi connectivity index (χ3n) is 2.62. The third-order valence-corrected chi connectivity index (χ3v) is 4.96.